The van der Waals surface area contributed by atoms with Crippen LogP contribution in [0.15, 0.2) is 24.3 Å². The van der Waals surface area contributed by atoms with Crippen LogP contribution < -0.4 is 10.6 Å². The summed E-state index contributed by atoms with van der Waals surface area (Å²) in [4.78, 5) is 36.7. The van der Waals surface area contributed by atoms with E-state index >= 15 is 0 Å². The number of rotatable bonds is 6. The van der Waals surface area contributed by atoms with Gasteiger partial charge in [-0.3, -0.25) is 14.4 Å². The number of esters is 1. The van der Waals surface area contributed by atoms with Crippen molar-refractivity contribution >= 4 is 17.8 Å². The van der Waals surface area contributed by atoms with E-state index in [0.717, 1.165) is 12.0 Å². The molecule has 0 aromatic heterocycles. The maximum absolute atomic E-state index is 12.7. The third-order valence-corrected chi connectivity index (χ3v) is 4.86. The smallest absolute Gasteiger partial charge is 0.308 e. The minimum atomic E-state index is -0.624. The highest BCUT2D eigenvalue weighted by atomic mass is 16.5. The Morgan fingerprint density at radius 1 is 1.12 bits per heavy atom. The average molecular weight is 360 g/mol. The molecule has 2 N–H and O–H groups in total. The molecule has 0 unspecified atom stereocenters. The van der Waals surface area contributed by atoms with Crippen LogP contribution in [-0.2, 0) is 14.3 Å². The van der Waals surface area contributed by atoms with Crippen LogP contribution in [-0.4, -0.2) is 37.0 Å². The zero-order valence-electron chi connectivity index (χ0n) is 15.9. The van der Waals surface area contributed by atoms with Crippen molar-refractivity contribution in [3.8, 4) is 0 Å². The van der Waals surface area contributed by atoms with E-state index in [1.54, 1.807) is 12.1 Å². The molecule has 2 amide bonds. The summed E-state index contributed by atoms with van der Waals surface area (Å²) in [6.07, 6.45) is 2.02. The maximum atomic E-state index is 12.7. The number of carbonyl (C=O) groups is 3. The summed E-state index contributed by atoms with van der Waals surface area (Å²) >= 11 is 0. The second-order valence-electron chi connectivity index (χ2n) is 7.30. The molecule has 0 spiro atoms. The Kier molecular flexibility index (Phi) is 6.77. The first-order valence-electron chi connectivity index (χ1n) is 9.07. The van der Waals surface area contributed by atoms with Gasteiger partial charge in [0.1, 0.15) is 6.04 Å². The van der Waals surface area contributed by atoms with Crippen molar-refractivity contribution < 1.29 is 19.1 Å². The van der Waals surface area contributed by atoms with Crippen LogP contribution in [0, 0.1) is 18.8 Å². The van der Waals surface area contributed by atoms with Crippen molar-refractivity contribution in [2.24, 2.45) is 11.8 Å². The van der Waals surface area contributed by atoms with Gasteiger partial charge in [-0.25, -0.2) is 0 Å². The lowest BCUT2D eigenvalue weighted by atomic mass is 10.0. The van der Waals surface area contributed by atoms with Crippen molar-refractivity contribution in [1.82, 2.24) is 10.6 Å². The van der Waals surface area contributed by atoms with Gasteiger partial charge in [0.05, 0.1) is 13.0 Å². The van der Waals surface area contributed by atoms with Crippen LogP contribution in [0.5, 0.6) is 0 Å². The molecule has 1 fully saturated rings. The number of ether oxygens (including phenoxy) is 1. The van der Waals surface area contributed by atoms with Gasteiger partial charge in [-0.1, -0.05) is 31.5 Å². The Balaban J connectivity index is 1.96. The SMILES string of the molecule is COC(=O)[C@H]1CC[C@@H](NC(=O)[C@H](NC(=O)c2ccc(C)cc2)C(C)C)C1. The number of aryl methyl sites for hydroxylation is 1. The fourth-order valence-corrected chi connectivity index (χ4v) is 3.25. The molecule has 6 heteroatoms. The number of methoxy groups -OCH3 is 1. The highest BCUT2D eigenvalue weighted by molar-refractivity contribution is 5.97. The monoisotopic (exact) mass is 360 g/mol. The van der Waals surface area contributed by atoms with Gasteiger partial charge in [0.15, 0.2) is 0 Å². The summed E-state index contributed by atoms with van der Waals surface area (Å²) in [7, 11) is 1.38. The van der Waals surface area contributed by atoms with Crippen LogP contribution in [0.2, 0.25) is 0 Å². The van der Waals surface area contributed by atoms with Crippen LogP contribution in [0.25, 0.3) is 0 Å². The fourth-order valence-electron chi connectivity index (χ4n) is 3.25. The summed E-state index contributed by atoms with van der Waals surface area (Å²) in [6, 6.07) is 6.54. The molecule has 0 bridgehead atoms. The van der Waals surface area contributed by atoms with Crippen molar-refractivity contribution in [2.45, 2.75) is 52.1 Å². The lowest BCUT2D eigenvalue weighted by Crippen LogP contribution is -2.51. The Bertz CT molecular complexity index is 654. The molecule has 1 aliphatic rings. The third kappa shape index (κ3) is 5.07. The normalized spacial score (nSPS) is 20.5. The topological polar surface area (TPSA) is 84.5 Å². The van der Waals surface area contributed by atoms with E-state index in [4.69, 9.17) is 4.74 Å². The highest BCUT2D eigenvalue weighted by Crippen LogP contribution is 2.26. The van der Waals surface area contributed by atoms with Gasteiger partial charge in [0.2, 0.25) is 5.91 Å². The number of nitrogens with one attached hydrogen (secondary N) is 2. The maximum Gasteiger partial charge on any atom is 0.308 e. The molecular weight excluding hydrogens is 332 g/mol. The summed E-state index contributed by atoms with van der Waals surface area (Å²) in [5.74, 6) is -0.921. The standard InChI is InChI=1S/C20H28N2O4/c1-12(2)17(22-18(23)14-7-5-13(3)6-8-14)19(24)21-16-10-9-15(11-16)20(25)26-4/h5-8,12,15-17H,9-11H2,1-4H3,(H,21,24)(H,22,23)/t15-,16+,17+/m0/s1. The van der Waals surface area contributed by atoms with Crippen LogP contribution in [0.4, 0.5) is 0 Å². The summed E-state index contributed by atoms with van der Waals surface area (Å²) in [6.45, 7) is 5.74. The second-order valence-corrected chi connectivity index (χ2v) is 7.30. The van der Waals surface area contributed by atoms with Gasteiger partial charge in [-0.05, 0) is 44.2 Å². The van der Waals surface area contributed by atoms with Crippen molar-refractivity contribution in [3.63, 3.8) is 0 Å². The zero-order chi connectivity index (χ0) is 19.3. The van der Waals surface area contributed by atoms with Gasteiger partial charge in [0, 0.05) is 11.6 Å². The van der Waals surface area contributed by atoms with E-state index in [2.05, 4.69) is 10.6 Å². The minimum absolute atomic E-state index is 0.0535. The van der Waals surface area contributed by atoms with Crippen LogP contribution in [0.1, 0.15) is 49.0 Å². The molecule has 2 rings (SSSR count). The average Bonchev–Trinajstić information content (AvgIpc) is 3.07. The largest absolute Gasteiger partial charge is 0.469 e. The molecule has 0 radical (unpaired) electrons. The van der Waals surface area contributed by atoms with Crippen molar-refractivity contribution in [3.05, 3.63) is 35.4 Å². The number of benzene rings is 1. The van der Waals surface area contributed by atoms with Crippen molar-refractivity contribution in [2.75, 3.05) is 7.11 Å². The van der Waals surface area contributed by atoms with E-state index in [0.29, 0.717) is 18.4 Å². The number of carbonyl (C=O) groups excluding carboxylic acids is 3. The predicted molar refractivity (Wildman–Crippen MR) is 98.6 cm³/mol. The molecule has 6 nitrogen and oxygen atoms in total. The fraction of sp³-hybridized carbons (Fsp3) is 0.550. The number of hydrogen-bond donors (Lipinski definition) is 2. The van der Waals surface area contributed by atoms with Gasteiger partial charge < -0.3 is 15.4 Å². The first-order chi connectivity index (χ1) is 12.3. The quantitative estimate of drug-likeness (QED) is 0.762. The Labute approximate surface area is 154 Å². The molecule has 0 saturated heterocycles. The predicted octanol–water partition coefficient (Wildman–Crippen LogP) is 2.21. The molecule has 1 aliphatic carbocycles. The number of hydrogen-bond acceptors (Lipinski definition) is 4. The molecule has 1 saturated carbocycles. The Hall–Kier alpha value is -2.37. The molecule has 3 atom stereocenters. The summed E-state index contributed by atoms with van der Waals surface area (Å²) in [5.41, 5.74) is 1.60. The molecule has 1 aromatic rings. The highest BCUT2D eigenvalue weighted by Gasteiger charge is 2.33. The minimum Gasteiger partial charge on any atom is -0.469 e. The summed E-state index contributed by atoms with van der Waals surface area (Å²) in [5, 5.41) is 5.80. The second kappa shape index (κ2) is 8.83. The molecule has 142 valence electrons. The van der Waals surface area contributed by atoms with Crippen LogP contribution in [0.3, 0.4) is 0 Å². The zero-order valence-corrected chi connectivity index (χ0v) is 15.9. The lowest BCUT2D eigenvalue weighted by Gasteiger charge is -2.24. The Morgan fingerprint density at radius 2 is 1.77 bits per heavy atom. The van der Waals surface area contributed by atoms with Gasteiger partial charge in [-0.15, -0.1) is 0 Å². The van der Waals surface area contributed by atoms with E-state index < -0.39 is 6.04 Å². The Morgan fingerprint density at radius 3 is 2.35 bits per heavy atom. The molecule has 26 heavy (non-hydrogen) atoms. The number of amides is 2. The van der Waals surface area contributed by atoms with E-state index in [1.165, 1.54) is 7.11 Å². The lowest BCUT2D eigenvalue weighted by molar-refractivity contribution is -0.145. The van der Waals surface area contributed by atoms with E-state index in [9.17, 15) is 14.4 Å². The first kappa shape index (κ1) is 19.9. The molecule has 0 heterocycles. The van der Waals surface area contributed by atoms with Gasteiger partial charge in [0.25, 0.3) is 5.91 Å². The molecule has 1 aromatic carbocycles. The van der Waals surface area contributed by atoms with Crippen LogP contribution >= 0.6 is 0 Å². The third-order valence-electron chi connectivity index (χ3n) is 4.86. The first-order valence-corrected chi connectivity index (χ1v) is 9.07. The summed E-state index contributed by atoms with van der Waals surface area (Å²) < 4.78 is 4.77. The molecule has 0 aliphatic heterocycles. The van der Waals surface area contributed by atoms with E-state index in [1.807, 2.05) is 32.9 Å². The van der Waals surface area contributed by atoms with Gasteiger partial charge in [-0.2, -0.15) is 0 Å². The van der Waals surface area contributed by atoms with E-state index in [-0.39, 0.29) is 35.7 Å². The van der Waals surface area contributed by atoms with Gasteiger partial charge >= 0.3 is 5.97 Å². The van der Waals surface area contributed by atoms with Crippen molar-refractivity contribution in [1.29, 1.82) is 0 Å². The molecular formula is C20H28N2O4.